The number of halogens is 1. The summed E-state index contributed by atoms with van der Waals surface area (Å²) in [5.41, 5.74) is 10.9. The van der Waals surface area contributed by atoms with Crippen molar-refractivity contribution in [3.63, 3.8) is 0 Å². The maximum atomic E-state index is 13.5. The number of amides is 2. The minimum absolute atomic E-state index is 0.123. The van der Waals surface area contributed by atoms with Crippen molar-refractivity contribution in [3.05, 3.63) is 80.0 Å². The molecule has 0 spiro atoms. The van der Waals surface area contributed by atoms with Gasteiger partial charge in [-0.2, -0.15) is 0 Å². The number of aryl methyl sites for hydroxylation is 2. The molecule has 2 N–H and O–H groups in total. The van der Waals surface area contributed by atoms with Crippen molar-refractivity contribution in [2.45, 2.75) is 32.4 Å². The SMILES string of the molecule is Cc1ncsc1C(=O)N(Cc1cccnc1C(N)=O)[C@@H]1CCc2ccc(Cl)cc21. The molecule has 0 radical (unpaired) electrons. The average Bonchev–Trinajstić information content (AvgIpc) is 3.31. The van der Waals surface area contributed by atoms with Crippen LogP contribution in [0.1, 0.15) is 55.0 Å². The Morgan fingerprint density at radius 3 is 2.86 bits per heavy atom. The van der Waals surface area contributed by atoms with Gasteiger partial charge in [-0.25, -0.2) is 4.98 Å². The van der Waals surface area contributed by atoms with Crippen LogP contribution in [0.2, 0.25) is 5.02 Å². The molecule has 29 heavy (non-hydrogen) atoms. The number of rotatable bonds is 5. The molecule has 3 aromatic rings. The minimum atomic E-state index is -0.614. The van der Waals surface area contributed by atoms with Gasteiger partial charge >= 0.3 is 0 Å². The van der Waals surface area contributed by atoms with E-state index < -0.39 is 5.91 Å². The van der Waals surface area contributed by atoms with Crippen LogP contribution in [-0.2, 0) is 13.0 Å². The van der Waals surface area contributed by atoms with Crippen molar-refractivity contribution in [1.29, 1.82) is 0 Å². The van der Waals surface area contributed by atoms with Gasteiger partial charge in [0, 0.05) is 23.3 Å². The molecule has 0 saturated heterocycles. The fraction of sp³-hybridized carbons (Fsp3) is 0.238. The molecule has 0 saturated carbocycles. The molecule has 1 atom stereocenters. The maximum Gasteiger partial charge on any atom is 0.267 e. The average molecular weight is 427 g/mol. The number of fused-ring (bicyclic) bond motifs is 1. The molecule has 2 heterocycles. The van der Waals surface area contributed by atoms with Gasteiger partial charge in [-0.15, -0.1) is 11.3 Å². The Kier molecular flexibility index (Phi) is 5.34. The van der Waals surface area contributed by atoms with E-state index >= 15 is 0 Å². The summed E-state index contributed by atoms with van der Waals surface area (Å²) < 4.78 is 0. The smallest absolute Gasteiger partial charge is 0.267 e. The Bertz CT molecular complexity index is 1100. The third kappa shape index (κ3) is 3.75. The second-order valence-electron chi connectivity index (χ2n) is 6.97. The van der Waals surface area contributed by atoms with Crippen LogP contribution in [0.25, 0.3) is 0 Å². The number of nitrogens with zero attached hydrogens (tertiary/aromatic N) is 3. The van der Waals surface area contributed by atoms with Gasteiger partial charge in [-0.3, -0.25) is 14.6 Å². The lowest BCUT2D eigenvalue weighted by molar-refractivity contribution is 0.0660. The molecule has 0 fully saturated rings. The van der Waals surface area contributed by atoms with Gasteiger partial charge in [-0.1, -0.05) is 23.7 Å². The second-order valence-corrected chi connectivity index (χ2v) is 8.26. The molecule has 1 aromatic carbocycles. The molecule has 1 aliphatic rings. The maximum absolute atomic E-state index is 13.5. The molecule has 8 heteroatoms. The molecule has 0 unspecified atom stereocenters. The van der Waals surface area contributed by atoms with Crippen molar-refractivity contribution in [2.75, 3.05) is 0 Å². The second kappa shape index (κ2) is 7.93. The minimum Gasteiger partial charge on any atom is -0.364 e. The Balaban J connectivity index is 1.78. The van der Waals surface area contributed by atoms with Crippen LogP contribution in [0, 0.1) is 6.92 Å². The number of primary amides is 1. The van der Waals surface area contributed by atoms with Gasteiger partial charge in [0.1, 0.15) is 10.6 Å². The van der Waals surface area contributed by atoms with Crippen molar-refractivity contribution >= 4 is 34.8 Å². The highest BCUT2D eigenvalue weighted by atomic mass is 35.5. The van der Waals surface area contributed by atoms with Crippen LogP contribution in [0.5, 0.6) is 0 Å². The Morgan fingerprint density at radius 1 is 1.31 bits per heavy atom. The zero-order valence-electron chi connectivity index (χ0n) is 15.8. The van der Waals surface area contributed by atoms with Gasteiger partial charge in [0.2, 0.25) is 0 Å². The first-order chi connectivity index (χ1) is 14.0. The van der Waals surface area contributed by atoms with Gasteiger partial charge in [-0.05, 0) is 49.1 Å². The molecular formula is C21H19ClN4O2S. The number of nitrogens with two attached hydrogens (primary N) is 1. The topological polar surface area (TPSA) is 89.2 Å². The van der Waals surface area contributed by atoms with E-state index in [1.807, 2.05) is 25.1 Å². The Hall–Kier alpha value is -2.77. The van der Waals surface area contributed by atoms with Crippen LogP contribution in [0.15, 0.2) is 42.0 Å². The third-order valence-corrected chi connectivity index (χ3v) is 6.35. The molecule has 2 amide bonds. The van der Waals surface area contributed by atoms with Crippen LogP contribution in [0.3, 0.4) is 0 Å². The third-order valence-electron chi connectivity index (χ3n) is 5.20. The summed E-state index contributed by atoms with van der Waals surface area (Å²) in [5.74, 6) is -0.737. The summed E-state index contributed by atoms with van der Waals surface area (Å²) in [6, 6.07) is 9.17. The highest BCUT2D eigenvalue weighted by Crippen LogP contribution is 2.39. The van der Waals surface area contributed by atoms with Crippen LogP contribution >= 0.6 is 22.9 Å². The van der Waals surface area contributed by atoms with Gasteiger partial charge in [0.05, 0.1) is 17.2 Å². The summed E-state index contributed by atoms with van der Waals surface area (Å²) in [4.78, 5) is 36.1. The first-order valence-corrected chi connectivity index (χ1v) is 10.4. The fourth-order valence-corrected chi connectivity index (χ4v) is 4.75. The number of benzene rings is 1. The highest BCUT2D eigenvalue weighted by molar-refractivity contribution is 7.11. The van der Waals surface area contributed by atoms with Crippen molar-refractivity contribution in [3.8, 4) is 0 Å². The number of hydrogen-bond acceptors (Lipinski definition) is 5. The largest absolute Gasteiger partial charge is 0.364 e. The molecular weight excluding hydrogens is 408 g/mol. The monoisotopic (exact) mass is 426 g/mol. The van der Waals surface area contributed by atoms with Gasteiger partial charge in [0.25, 0.3) is 11.8 Å². The van der Waals surface area contributed by atoms with Gasteiger partial charge in [0.15, 0.2) is 0 Å². The predicted octanol–water partition coefficient (Wildman–Crippen LogP) is 3.93. The first kappa shape index (κ1) is 19.5. The molecule has 6 nitrogen and oxygen atoms in total. The lowest BCUT2D eigenvalue weighted by Gasteiger charge is -2.30. The van der Waals surface area contributed by atoms with E-state index in [4.69, 9.17) is 17.3 Å². The fourth-order valence-electron chi connectivity index (χ4n) is 3.81. The number of carbonyl (C=O) groups excluding carboxylic acids is 2. The van der Waals surface area contributed by atoms with Crippen LogP contribution in [-0.4, -0.2) is 26.7 Å². The van der Waals surface area contributed by atoms with E-state index in [0.717, 1.165) is 18.4 Å². The quantitative estimate of drug-likeness (QED) is 0.669. The standard InChI is InChI=1S/C21H19ClN4O2S/c1-12-19(29-11-25-12)21(28)26(10-14-3-2-8-24-18(14)20(23)27)17-7-5-13-4-6-15(22)9-16(13)17/h2-4,6,8-9,11,17H,5,7,10H2,1H3,(H2,23,27)/t17-/m1/s1. The molecule has 1 aliphatic carbocycles. The van der Waals surface area contributed by atoms with Crippen molar-refractivity contribution < 1.29 is 9.59 Å². The van der Waals surface area contributed by atoms with E-state index in [1.165, 1.54) is 23.1 Å². The number of thiazole rings is 1. The van der Waals surface area contributed by atoms with Crippen LogP contribution < -0.4 is 5.73 Å². The zero-order chi connectivity index (χ0) is 20.5. The lowest BCUT2D eigenvalue weighted by atomic mass is 10.0. The first-order valence-electron chi connectivity index (χ1n) is 9.18. The molecule has 2 aromatic heterocycles. The van der Waals surface area contributed by atoms with Crippen molar-refractivity contribution in [1.82, 2.24) is 14.9 Å². The Morgan fingerprint density at radius 2 is 2.14 bits per heavy atom. The highest BCUT2D eigenvalue weighted by Gasteiger charge is 2.33. The number of carbonyl (C=O) groups is 2. The summed E-state index contributed by atoms with van der Waals surface area (Å²) in [7, 11) is 0. The molecule has 0 aliphatic heterocycles. The van der Waals surface area contributed by atoms with Crippen molar-refractivity contribution in [2.24, 2.45) is 5.73 Å². The van der Waals surface area contributed by atoms with E-state index in [2.05, 4.69) is 9.97 Å². The lowest BCUT2D eigenvalue weighted by Crippen LogP contribution is -2.34. The molecule has 0 bridgehead atoms. The zero-order valence-corrected chi connectivity index (χ0v) is 17.3. The van der Waals surface area contributed by atoms with E-state index in [9.17, 15) is 9.59 Å². The van der Waals surface area contributed by atoms with E-state index in [1.54, 1.807) is 22.5 Å². The summed E-state index contributed by atoms with van der Waals surface area (Å²) in [6.45, 7) is 2.04. The number of pyridine rings is 1. The number of hydrogen-bond donors (Lipinski definition) is 1. The molecule has 4 rings (SSSR count). The summed E-state index contributed by atoms with van der Waals surface area (Å²) >= 11 is 7.56. The van der Waals surface area contributed by atoms with Gasteiger partial charge < -0.3 is 10.6 Å². The Labute approximate surface area is 177 Å². The van der Waals surface area contributed by atoms with Crippen LogP contribution in [0.4, 0.5) is 0 Å². The summed E-state index contributed by atoms with van der Waals surface area (Å²) in [5, 5.41) is 0.635. The molecule has 148 valence electrons. The summed E-state index contributed by atoms with van der Waals surface area (Å²) in [6.07, 6.45) is 3.16. The number of aromatic nitrogens is 2. The predicted molar refractivity (Wildman–Crippen MR) is 112 cm³/mol. The van der Waals surface area contributed by atoms with E-state index in [-0.39, 0.29) is 24.2 Å². The normalized spacial score (nSPS) is 15.2. The van der Waals surface area contributed by atoms with E-state index in [0.29, 0.717) is 21.2 Å².